The summed E-state index contributed by atoms with van der Waals surface area (Å²) in [6, 6.07) is 9.72. The van der Waals surface area contributed by atoms with Crippen LogP contribution in [-0.4, -0.2) is 29.1 Å². The Hall–Kier alpha value is -6.81. The number of hydrogen-bond donors (Lipinski definition) is 0. The molecule has 0 aliphatic carbocycles. The van der Waals surface area contributed by atoms with Gasteiger partial charge in [-0.05, 0) is 6.07 Å². The van der Waals surface area contributed by atoms with Gasteiger partial charge in [0, 0.05) is 23.8 Å². The number of halogens is 10. The molecule has 0 aliphatic rings. The quantitative estimate of drug-likeness (QED) is 0.0892. The molecule has 0 heterocycles. The van der Waals surface area contributed by atoms with Crippen LogP contribution in [0.5, 0.6) is 23.0 Å². The second kappa shape index (κ2) is 13.1. The van der Waals surface area contributed by atoms with E-state index in [0.29, 0.717) is 36.4 Å². The fourth-order valence-electron chi connectivity index (χ4n) is 4.55. The molecule has 0 unspecified atom stereocenters. The third kappa shape index (κ3) is 7.28. The molecule has 4 aromatic carbocycles. The Morgan fingerprint density at radius 1 is 0.633 bits per heavy atom. The fraction of sp³-hybridized carbons (Fsp3) is 0.100. The van der Waals surface area contributed by atoms with Crippen LogP contribution in [0.25, 0.3) is 6.08 Å². The van der Waals surface area contributed by atoms with E-state index in [4.69, 9.17) is 9.47 Å². The molecule has 0 amide bonds. The number of nitro groups is 2. The van der Waals surface area contributed by atoms with E-state index in [1.807, 2.05) is 0 Å². The van der Waals surface area contributed by atoms with Crippen molar-refractivity contribution in [3.8, 4) is 23.0 Å². The van der Waals surface area contributed by atoms with Gasteiger partial charge in [0.05, 0.1) is 4.92 Å². The summed E-state index contributed by atoms with van der Waals surface area (Å²) >= 11 is 0. The van der Waals surface area contributed by atoms with Gasteiger partial charge in [0.25, 0.3) is 11.8 Å². The molecule has 0 spiro atoms. The van der Waals surface area contributed by atoms with Crippen molar-refractivity contribution >= 4 is 30.4 Å². The van der Waals surface area contributed by atoms with Crippen molar-refractivity contribution in [3.05, 3.63) is 128 Å². The number of hydrogen-bond acceptors (Lipinski definition) is 6. The van der Waals surface area contributed by atoms with Gasteiger partial charge in [0.15, 0.2) is 0 Å². The van der Waals surface area contributed by atoms with Crippen molar-refractivity contribution in [2.24, 2.45) is 0 Å². The summed E-state index contributed by atoms with van der Waals surface area (Å²) in [5, 5.41) is 22.1. The third-order valence-corrected chi connectivity index (χ3v) is 8.83. The van der Waals surface area contributed by atoms with Crippen LogP contribution in [0.2, 0.25) is 0 Å². The first-order valence-corrected chi connectivity index (χ1v) is 15.5. The second-order valence-electron chi connectivity index (χ2n) is 9.52. The number of nitrogens with zero attached hydrogens (tertiary/aromatic N) is 2. The number of rotatable bonds is 10. The summed E-state index contributed by atoms with van der Waals surface area (Å²) in [5.74, 6) is -1.51. The Balaban J connectivity index is 1.74. The summed E-state index contributed by atoms with van der Waals surface area (Å²) in [7, 11) is 0. The monoisotopic (exact) mass is 938 g/mol. The maximum atomic E-state index is 14.7. The average molecular weight is 940 g/mol. The molecule has 0 aromatic heterocycles. The van der Waals surface area contributed by atoms with E-state index in [1.165, 1.54) is 0 Å². The largest absolute Gasteiger partial charge is 0.271 e. The van der Waals surface area contributed by atoms with Crippen LogP contribution in [0.1, 0.15) is 16.7 Å². The number of ether oxygens (including phenoxy) is 2. The van der Waals surface area contributed by atoms with Crippen LogP contribution in [0.15, 0.2) is 91.0 Å². The Kier molecular flexibility index (Phi) is 9.39. The first-order valence-electron chi connectivity index (χ1n) is 12.9. The molecule has 0 atom stereocenters. The van der Waals surface area contributed by atoms with E-state index in [0.717, 1.165) is 48.5 Å². The summed E-state index contributed by atoms with van der Waals surface area (Å²) in [6.45, 7) is -2.01. The normalized spacial score (nSPS) is 11.7. The molecule has 19 heteroatoms. The van der Waals surface area contributed by atoms with Gasteiger partial charge < -0.3 is 4.74 Å². The van der Waals surface area contributed by atoms with Gasteiger partial charge in [-0.25, -0.2) is 0 Å². The smallest absolute Gasteiger partial charge is 0.173 e. The topological polar surface area (TPSA) is 105 Å². The minimum atomic E-state index is -6.02. The first-order chi connectivity index (χ1) is 22.8. The molecule has 0 saturated heterocycles. The Bertz CT molecular complexity index is 1800. The minimum Gasteiger partial charge on any atom is -0.173 e. The van der Waals surface area contributed by atoms with E-state index in [-0.39, 0.29) is 23.6 Å². The molecule has 0 saturated carbocycles. The Morgan fingerprint density at radius 2 is 1.06 bits per heavy atom. The Labute approximate surface area is 262 Å². The molecule has 0 fully saturated rings. The van der Waals surface area contributed by atoms with Crippen molar-refractivity contribution in [3.63, 3.8) is 0 Å². The summed E-state index contributed by atoms with van der Waals surface area (Å²) in [6.07, 6.45) is -14.1. The zero-order valence-corrected chi connectivity index (χ0v) is 26.2. The number of benzene rings is 4. The zero-order valence-electron chi connectivity index (χ0n) is 23.6. The molecule has 8 nitrogen and oxygen atoms in total. The molecule has 0 aliphatic heterocycles. The van der Waals surface area contributed by atoms with Gasteiger partial charge in [-0.15, -0.1) is 0 Å². The van der Waals surface area contributed by atoms with Crippen LogP contribution in [-0.2, 0) is 5.41 Å². The number of nitro benzene ring substituents is 2. The van der Waals surface area contributed by atoms with Crippen LogP contribution < -0.4 is 15.5 Å². The maximum Gasteiger partial charge on any atom is 0.271 e. The summed E-state index contributed by atoms with van der Waals surface area (Å²) in [5.41, 5.74) is -8.94. The van der Waals surface area contributed by atoms with Crippen molar-refractivity contribution in [2.75, 3.05) is 0 Å². The van der Waals surface area contributed by atoms with E-state index in [9.17, 15) is 64.1 Å². The molecule has 49 heavy (non-hydrogen) atoms. The molecule has 0 N–H and O–H groups in total. The zero-order chi connectivity index (χ0) is 36.3. The maximum absolute atomic E-state index is 14.7. The minimum absolute atomic E-state index is 0.213. The number of non-ortho nitro benzene ring substituents is 2. The second-order valence-corrected chi connectivity index (χ2v) is 12.6. The summed E-state index contributed by atoms with van der Waals surface area (Å²) < 4.78 is 148. The molecule has 4 rings (SSSR count). The molecule has 4 aromatic rings. The first kappa shape index (κ1) is 35.1. The van der Waals surface area contributed by atoms with Gasteiger partial charge in [-0.1, -0.05) is 0 Å². The predicted octanol–water partition coefficient (Wildman–Crippen LogP) is 9.47. The van der Waals surface area contributed by atoms with Crippen molar-refractivity contribution in [2.45, 2.75) is 17.8 Å². The van der Waals surface area contributed by atoms with Crippen molar-refractivity contribution in [1.29, 1.82) is 0 Å². The van der Waals surface area contributed by atoms with Gasteiger partial charge >= 0.3 is 186 Å². The predicted molar refractivity (Wildman–Crippen MR) is 149 cm³/mol. The average Bonchev–Trinajstić information content (AvgIpc) is 2.98. The van der Waals surface area contributed by atoms with Crippen LogP contribution in [0.4, 0.5) is 55.3 Å². The van der Waals surface area contributed by atoms with Gasteiger partial charge in [-0.3, -0.25) is 10.1 Å². The molecule has 0 bridgehead atoms. The Morgan fingerprint density at radius 3 is 1.47 bits per heavy atom. The van der Waals surface area contributed by atoms with Crippen molar-refractivity contribution in [1.82, 2.24) is 0 Å². The van der Waals surface area contributed by atoms with Crippen LogP contribution >= 0.6 is 0 Å². The summed E-state index contributed by atoms with van der Waals surface area (Å²) in [4.78, 5) is 20.3. The van der Waals surface area contributed by atoms with Gasteiger partial charge in [0.2, 0.25) is 0 Å². The van der Waals surface area contributed by atoms with Crippen LogP contribution in [0.3, 0.4) is 0 Å². The fourth-order valence-corrected chi connectivity index (χ4v) is 6.34. The number of alkyl halides is 6. The van der Waals surface area contributed by atoms with E-state index >= 15 is 0 Å². The van der Waals surface area contributed by atoms with E-state index in [1.54, 1.807) is 0 Å². The van der Waals surface area contributed by atoms with E-state index in [2.05, 4.69) is 0 Å². The molecule has 261 valence electrons. The molecular weight excluding hydrogens is 925 g/mol. The standard InChI is InChI=1S/C29H15F8N2O6.CF2.Cf/c30-26(31)16-17-15-21(39(42)43)7-14-25(17)45-24-10-3-19(4-11-24)27(28(32,33)34,29(35,36)37)18-1-8-22(9-2-18)44-23-12-5-20(6-13-23)38(40)41;2-1-3;/h1-12,14-16H;;. The molecular formula is C30H15CfF10N2O6. The van der Waals surface area contributed by atoms with Crippen LogP contribution in [0, 0.1) is 20.2 Å². The van der Waals surface area contributed by atoms with Crippen molar-refractivity contribution < 1.29 is 63.2 Å². The van der Waals surface area contributed by atoms with Gasteiger partial charge in [-0.2, -0.15) is 8.78 Å². The van der Waals surface area contributed by atoms with E-state index < -0.39 is 80.2 Å². The van der Waals surface area contributed by atoms with Gasteiger partial charge in [0.1, 0.15) is 5.75 Å². The third-order valence-electron chi connectivity index (χ3n) is 6.60. The SMILES string of the molecule is O=[N+]([O-])c1ccc(Oc2ccc(C(c3ccc(Oc4ccc([N+](=O)[O-])c[c]4[Cf]=[C](F)F)cc3)(C(F)(F)F)C(F)(F)F)cc2)c(C=C(F)F)c1. The molecule has 0 radical (unpaired) electrons.